The van der Waals surface area contributed by atoms with Crippen molar-refractivity contribution >= 4 is 16.9 Å². The lowest BCUT2D eigenvalue weighted by Crippen LogP contribution is -2.38. The fraction of sp³-hybridized carbons (Fsp3) is 0.500. The number of rotatable bonds is 5. The summed E-state index contributed by atoms with van der Waals surface area (Å²) in [6.45, 7) is 6.67. The Bertz CT molecular complexity index is 647. The molecule has 118 valence electrons. The average molecular weight is 302 g/mol. The molecule has 1 aliphatic heterocycles. The second kappa shape index (κ2) is 6.89. The maximum absolute atomic E-state index is 11.9. The molecule has 1 saturated heterocycles. The Morgan fingerprint density at radius 2 is 2.23 bits per heavy atom. The number of nitrogens with zero attached hydrogens (tertiary/aromatic N) is 2. The maximum atomic E-state index is 11.9. The van der Waals surface area contributed by atoms with Crippen LogP contribution in [0.2, 0.25) is 0 Å². The first-order valence-corrected chi connectivity index (χ1v) is 7.73. The van der Waals surface area contributed by atoms with Crippen LogP contribution in [0.15, 0.2) is 18.2 Å². The van der Waals surface area contributed by atoms with Gasteiger partial charge in [-0.15, -0.1) is 0 Å². The van der Waals surface area contributed by atoms with Gasteiger partial charge in [-0.05, 0) is 24.6 Å². The van der Waals surface area contributed by atoms with Crippen LogP contribution in [0.3, 0.4) is 0 Å². The van der Waals surface area contributed by atoms with Gasteiger partial charge in [-0.25, -0.2) is 4.98 Å². The van der Waals surface area contributed by atoms with E-state index in [1.54, 1.807) is 0 Å². The van der Waals surface area contributed by atoms with Gasteiger partial charge in [-0.1, -0.05) is 6.07 Å². The van der Waals surface area contributed by atoms with E-state index in [0.29, 0.717) is 13.0 Å². The minimum absolute atomic E-state index is 0.0902. The van der Waals surface area contributed by atoms with Gasteiger partial charge in [0.1, 0.15) is 5.82 Å². The quantitative estimate of drug-likeness (QED) is 0.871. The minimum atomic E-state index is 0.0902. The number of benzene rings is 1. The van der Waals surface area contributed by atoms with Gasteiger partial charge in [-0.3, -0.25) is 9.69 Å². The Kier molecular flexibility index (Phi) is 4.70. The van der Waals surface area contributed by atoms with Crippen molar-refractivity contribution in [2.24, 2.45) is 0 Å². The third-order valence-electron chi connectivity index (χ3n) is 3.91. The van der Waals surface area contributed by atoms with E-state index in [9.17, 15) is 4.79 Å². The maximum Gasteiger partial charge on any atom is 0.221 e. The highest BCUT2D eigenvalue weighted by molar-refractivity contribution is 5.77. The molecule has 6 heteroatoms. The highest BCUT2D eigenvalue weighted by Gasteiger charge is 2.11. The summed E-state index contributed by atoms with van der Waals surface area (Å²) in [7, 11) is 0. The predicted molar refractivity (Wildman–Crippen MR) is 84.6 cm³/mol. The molecule has 22 heavy (non-hydrogen) atoms. The van der Waals surface area contributed by atoms with E-state index in [-0.39, 0.29) is 5.91 Å². The Hall–Kier alpha value is -1.92. The lowest BCUT2D eigenvalue weighted by Gasteiger charge is -2.26. The third-order valence-corrected chi connectivity index (χ3v) is 3.91. The van der Waals surface area contributed by atoms with Gasteiger partial charge in [0.25, 0.3) is 0 Å². The van der Waals surface area contributed by atoms with Gasteiger partial charge >= 0.3 is 0 Å². The zero-order valence-corrected chi connectivity index (χ0v) is 12.9. The zero-order chi connectivity index (χ0) is 15.4. The number of hydrogen-bond acceptors (Lipinski definition) is 4. The molecule has 6 nitrogen and oxygen atoms in total. The molecule has 1 fully saturated rings. The molecule has 1 amide bonds. The van der Waals surface area contributed by atoms with E-state index in [0.717, 1.165) is 55.3 Å². The highest BCUT2D eigenvalue weighted by Crippen LogP contribution is 2.13. The number of carbonyl (C=O) groups excluding carboxylic acids is 1. The Morgan fingerprint density at radius 1 is 1.41 bits per heavy atom. The first kappa shape index (κ1) is 15.0. The molecule has 2 N–H and O–H groups in total. The number of H-pyrrole nitrogens is 1. The number of nitrogens with one attached hydrogen (secondary N) is 2. The zero-order valence-electron chi connectivity index (χ0n) is 12.9. The number of aromatic nitrogens is 2. The van der Waals surface area contributed by atoms with E-state index in [2.05, 4.69) is 20.2 Å². The van der Waals surface area contributed by atoms with E-state index < -0.39 is 0 Å². The third kappa shape index (κ3) is 3.84. The van der Waals surface area contributed by atoms with Gasteiger partial charge in [0.15, 0.2) is 0 Å². The van der Waals surface area contributed by atoms with Gasteiger partial charge in [0, 0.05) is 32.6 Å². The number of amides is 1. The van der Waals surface area contributed by atoms with Crippen LogP contribution < -0.4 is 5.32 Å². The van der Waals surface area contributed by atoms with Gasteiger partial charge in [0.2, 0.25) is 5.91 Å². The van der Waals surface area contributed by atoms with Crippen molar-refractivity contribution in [3.05, 3.63) is 29.6 Å². The molecule has 0 saturated carbocycles. The molecule has 1 aromatic carbocycles. The molecule has 2 aromatic rings. The summed E-state index contributed by atoms with van der Waals surface area (Å²) in [6, 6.07) is 6.02. The van der Waals surface area contributed by atoms with Crippen LogP contribution in [0, 0.1) is 6.92 Å². The Balaban J connectivity index is 1.46. The summed E-state index contributed by atoms with van der Waals surface area (Å²) >= 11 is 0. The lowest BCUT2D eigenvalue weighted by atomic mass is 10.2. The number of carbonyl (C=O) groups is 1. The summed E-state index contributed by atoms with van der Waals surface area (Å²) < 4.78 is 5.30. The summed E-state index contributed by atoms with van der Waals surface area (Å²) in [5.74, 6) is 0.995. The number of morpholine rings is 1. The molecule has 0 bridgehead atoms. The minimum Gasteiger partial charge on any atom is -0.379 e. The van der Waals surface area contributed by atoms with Crippen molar-refractivity contribution in [3.8, 4) is 0 Å². The van der Waals surface area contributed by atoms with Crippen LogP contribution in [0.25, 0.3) is 11.0 Å². The van der Waals surface area contributed by atoms with Gasteiger partial charge < -0.3 is 15.0 Å². The predicted octanol–water partition coefficient (Wildman–Crippen LogP) is 1.21. The highest BCUT2D eigenvalue weighted by atomic mass is 16.5. The largest absolute Gasteiger partial charge is 0.379 e. The number of aryl methyl sites for hydroxylation is 1. The second-order valence-electron chi connectivity index (χ2n) is 5.65. The van der Waals surface area contributed by atoms with Crippen molar-refractivity contribution < 1.29 is 9.53 Å². The summed E-state index contributed by atoms with van der Waals surface area (Å²) in [6.07, 6.45) is 0.533. The fourth-order valence-corrected chi connectivity index (χ4v) is 2.67. The normalized spacial score (nSPS) is 16.0. The number of ether oxygens (including phenoxy) is 1. The molecule has 2 heterocycles. The van der Waals surface area contributed by atoms with Crippen molar-refractivity contribution in [1.29, 1.82) is 0 Å². The Morgan fingerprint density at radius 3 is 3.05 bits per heavy atom. The molecule has 0 radical (unpaired) electrons. The SMILES string of the molecule is Cc1nc2ccc(CNC(=O)CCN3CCOCC3)cc2[nH]1. The van der Waals surface area contributed by atoms with Crippen molar-refractivity contribution in [1.82, 2.24) is 20.2 Å². The standard InChI is InChI=1S/C16H22N4O2/c1-12-18-14-3-2-13(10-15(14)19-12)11-17-16(21)4-5-20-6-8-22-9-7-20/h2-3,10H,4-9,11H2,1H3,(H,17,21)(H,18,19). The number of imidazole rings is 1. The number of hydrogen-bond donors (Lipinski definition) is 2. The van der Waals surface area contributed by atoms with Gasteiger partial charge in [0.05, 0.1) is 24.2 Å². The van der Waals surface area contributed by atoms with E-state index in [4.69, 9.17) is 4.74 Å². The molecule has 0 atom stereocenters. The molecule has 1 aromatic heterocycles. The monoisotopic (exact) mass is 302 g/mol. The fourth-order valence-electron chi connectivity index (χ4n) is 2.67. The second-order valence-corrected chi connectivity index (χ2v) is 5.65. The topological polar surface area (TPSA) is 70.2 Å². The lowest BCUT2D eigenvalue weighted by molar-refractivity contribution is -0.121. The van der Waals surface area contributed by atoms with Gasteiger partial charge in [-0.2, -0.15) is 0 Å². The van der Waals surface area contributed by atoms with Crippen LogP contribution in [-0.2, 0) is 16.1 Å². The summed E-state index contributed by atoms with van der Waals surface area (Å²) in [4.78, 5) is 21.8. The molecular weight excluding hydrogens is 280 g/mol. The van der Waals surface area contributed by atoms with E-state index in [1.807, 2.05) is 25.1 Å². The van der Waals surface area contributed by atoms with E-state index in [1.165, 1.54) is 0 Å². The molecule has 0 aliphatic carbocycles. The summed E-state index contributed by atoms with van der Waals surface area (Å²) in [5.41, 5.74) is 3.05. The first-order valence-electron chi connectivity index (χ1n) is 7.73. The molecule has 0 unspecified atom stereocenters. The van der Waals surface area contributed by atoms with Crippen molar-refractivity contribution in [2.45, 2.75) is 19.9 Å². The molecule has 0 spiro atoms. The first-order chi connectivity index (χ1) is 10.7. The van der Waals surface area contributed by atoms with Crippen LogP contribution >= 0.6 is 0 Å². The number of fused-ring (bicyclic) bond motifs is 1. The van der Waals surface area contributed by atoms with Crippen LogP contribution in [0.4, 0.5) is 0 Å². The van der Waals surface area contributed by atoms with Crippen LogP contribution in [-0.4, -0.2) is 53.6 Å². The Labute approximate surface area is 129 Å². The molecule has 1 aliphatic rings. The number of aromatic amines is 1. The van der Waals surface area contributed by atoms with Crippen LogP contribution in [0.5, 0.6) is 0 Å². The van der Waals surface area contributed by atoms with Crippen molar-refractivity contribution in [2.75, 3.05) is 32.8 Å². The smallest absolute Gasteiger partial charge is 0.221 e. The molecule has 3 rings (SSSR count). The van der Waals surface area contributed by atoms with Crippen molar-refractivity contribution in [3.63, 3.8) is 0 Å². The molecular formula is C16H22N4O2. The summed E-state index contributed by atoms with van der Waals surface area (Å²) in [5, 5.41) is 2.98. The van der Waals surface area contributed by atoms with E-state index >= 15 is 0 Å². The van der Waals surface area contributed by atoms with Crippen LogP contribution in [0.1, 0.15) is 17.8 Å². The average Bonchev–Trinajstić information content (AvgIpc) is 2.91.